The number of aryl methyl sites for hydroxylation is 2. The zero-order valence-corrected chi connectivity index (χ0v) is 9.41. The van der Waals surface area contributed by atoms with Crippen molar-refractivity contribution in [3.8, 4) is 0 Å². The minimum Gasteiger partial charge on any atom is -0.350 e. The van der Waals surface area contributed by atoms with E-state index in [1.54, 1.807) is 0 Å². The molecule has 0 aliphatic heterocycles. The molecule has 78 valence electrons. The molecule has 14 heavy (non-hydrogen) atoms. The Morgan fingerprint density at radius 3 is 2.64 bits per heavy atom. The third kappa shape index (κ3) is 2.62. The minimum absolute atomic E-state index is 0.392. The number of carbonyl (C=O) groups excluding carboxylic acids is 1. The lowest BCUT2D eigenvalue weighted by Gasteiger charge is -2.05. The van der Waals surface area contributed by atoms with Crippen LogP contribution in [0.5, 0.6) is 0 Å². The van der Waals surface area contributed by atoms with Gasteiger partial charge in [0.2, 0.25) is 0 Å². The first-order valence-electron chi connectivity index (χ1n) is 4.08. The number of alkyl halides is 2. The monoisotopic (exact) mass is 235 g/mol. The zero-order valence-electron chi connectivity index (χ0n) is 7.90. The fraction of sp³-hybridized carbons (Fsp3) is 0.500. The summed E-state index contributed by atoms with van der Waals surface area (Å²) in [6.07, 6.45) is 0. The van der Waals surface area contributed by atoms with Crippen LogP contribution in [0.15, 0.2) is 0 Å². The summed E-state index contributed by atoms with van der Waals surface area (Å²) in [6, 6.07) is 0. The quantitative estimate of drug-likeness (QED) is 0.780. The second-order valence-corrected chi connectivity index (χ2v) is 4.03. The Morgan fingerprint density at radius 1 is 1.57 bits per heavy atom. The van der Waals surface area contributed by atoms with Gasteiger partial charge in [0.1, 0.15) is 0 Å². The van der Waals surface area contributed by atoms with Crippen LogP contribution in [0.4, 0.5) is 0 Å². The molecule has 0 bridgehead atoms. The Hall–Kier alpha value is -0.740. The smallest absolute Gasteiger partial charge is 0.253 e. The van der Waals surface area contributed by atoms with Crippen LogP contribution in [0.3, 0.4) is 0 Å². The van der Waals surface area contributed by atoms with Gasteiger partial charge < -0.3 is 5.32 Å². The van der Waals surface area contributed by atoms with Gasteiger partial charge in [-0.1, -0.05) is 23.2 Å². The minimum atomic E-state index is -1.03. The molecule has 1 aromatic heterocycles. The maximum Gasteiger partial charge on any atom is 0.253 e. The Bertz CT molecular complexity index is 316. The van der Waals surface area contributed by atoms with E-state index in [4.69, 9.17) is 23.2 Å². The lowest BCUT2D eigenvalue weighted by Crippen LogP contribution is -2.28. The van der Waals surface area contributed by atoms with Crippen molar-refractivity contribution in [1.82, 2.24) is 15.5 Å². The lowest BCUT2D eigenvalue weighted by atomic mass is 10.2. The number of amides is 1. The first-order valence-corrected chi connectivity index (χ1v) is 4.96. The molecule has 1 aromatic rings. The molecule has 1 heterocycles. The van der Waals surface area contributed by atoms with Gasteiger partial charge in [-0.05, 0) is 13.8 Å². The van der Waals surface area contributed by atoms with Crippen LogP contribution >= 0.6 is 23.2 Å². The number of halogens is 2. The van der Waals surface area contributed by atoms with Crippen molar-refractivity contribution in [1.29, 1.82) is 0 Å². The van der Waals surface area contributed by atoms with Crippen LogP contribution in [0.1, 0.15) is 17.0 Å². The number of nitrogens with zero attached hydrogens (tertiary/aromatic N) is 1. The van der Waals surface area contributed by atoms with E-state index in [2.05, 4.69) is 15.5 Å². The number of aromatic amines is 1. The third-order valence-corrected chi connectivity index (χ3v) is 2.31. The summed E-state index contributed by atoms with van der Waals surface area (Å²) in [5.74, 6) is -0.395. The number of carbonyl (C=O) groups is 1. The number of H-pyrrole nitrogens is 1. The average Bonchev–Trinajstić information content (AvgIpc) is 2.43. The van der Waals surface area contributed by atoms with Crippen molar-refractivity contribution in [2.75, 3.05) is 0 Å². The van der Waals surface area contributed by atoms with E-state index in [9.17, 15) is 4.79 Å². The molecular formula is C8H11Cl2N3O. The van der Waals surface area contributed by atoms with E-state index in [1.165, 1.54) is 0 Å². The van der Waals surface area contributed by atoms with Crippen molar-refractivity contribution in [3.05, 3.63) is 17.0 Å². The highest BCUT2D eigenvalue weighted by Gasteiger charge is 2.12. The van der Waals surface area contributed by atoms with Gasteiger partial charge >= 0.3 is 0 Å². The summed E-state index contributed by atoms with van der Waals surface area (Å²) in [6.45, 7) is 4.15. The molecule has 2 N–H and O–H groups in total. The molecule has 0 atom stereocenters. The predicted molar refractivity (Wildman–Crippen MR) is 55.4 cm³/mol. The van der Waals surface area contributed by atoms with Crippen LogP contribution in [0.25, 0.3) is 0 Å². The highest BCUT2D eigenvalue weighted by molar-refractivity contribution is 6.53. The summed E-state index contributed by atoms with van der Waals surface area (Å²) < 4.78 is 0. The Balaban J connectivity index is 2.58. The Kier molecular flexibility index (Phi) is 3.77. The number of nitrogens with one attached hydrogen (secondary N) is 2. The molecular weight excluding hydrogens is 225 g/mol. The van der Waals surface area contributed by atoms with Crippen molar-refractivity contribution in [3.63, 3.8) is 0 Å². The maximum absolute atomic E-state index is 11.1. The molecule has 0 saturated carbocycles. The van der Waals surface area contributed by atoms with Crippen LogP contribution in [0.2, 0.25) is 0 Å². The standard InChI is InChI=1S/C8H11Cl2N3O/c1-4-6(5(2)13-12-4)3-11-8(14)7(9)10/h7H,3H2,1-2H3,(H,11,14)(H,12,13). The summed E-state index contributed by atoms with van der Waals surface area (Å²) in [5, 5.41) is 9.42. The first-order chi connectivity index (χ1) is 6.52. The first kappa shape index (κ1) is 11.3. The number of hydrogen-bond donors (Lipinski definition) is 2. The molecule has 6 heteroatoms. The van der Waals surface area contributed by atoms with E-state index >= 15 is 0 Å². The molecule has 0 fully saturated rings. The maximum atomic E-state index is 11.1. The van der Waals surface area contributed by atoms with Gasteiger partial charge in [-0.2, -0.15) is 5.10 Å². The van der Waals surface area contributed by atoms with E-state index in [-0.39, 0.29) is 0 Å². The predicted octanol–water partition coefficient (Wildman–Crippen LogP) is 1.45. The number of rotatable bonds is 3. The topological polar surface area (TPSA) is 57.8 Å². The summed E-state index contributed by atoms with van der Waals surface area (Å²) in [4.78, 5) is 10.0. The molecule has 1 amide bonds. The van der Waals surface area contributed by atoms with Gasteiger partial charge in [0.05, 0.1) is 5.69 Å². The average molecular weight is 236 g/mol. The van der Waals surface area contributed by atoms with Crippen LogP contribution in [0, 0.1) is 13.8 Å². The second-order valence-electron chi connectivity index (χ2n) is 2.93. The highest BCUT2D eigenvalue weighted by Crippen LogP contribution is 2.09. The van der Waals surface area contributed by atoms with Crippen LogP contribution in [-0.4, -0.2) is 20.9 Å². The van der Waals surface area contributed by atoms with Gasteiger partial charge in [-0.15, -0.1) is 0 Å². The van der Waals surface area contributed by atoms with Gasteiger partial charge in [-0.3, -0.25) is 9.89 Å². The number of hydrogen-bond acceptors (Lipinski definition) is 2. The lowest BCUT2D eigenvalue weighted by molar-refractivity contribution is -0.119. The van der Waals surface area contributed by atoms with Gasteiger partial charge in [-0.25, -0.2) is 0 Å². The SMILES string of the molecule is Cc1n[nH]c(C)c1CNC(=O)C(Cl)Cl. The molecule has 0 radical (unpaired) electrons. The van der Waals surface area contributed by atoms with E-state index < -0.39 is 10.7 Å². The normalized spacial score (nSPS) is 10.6. The van der Waals surface area contributed by atoms with E-state index in [0.29, 0.717) is 6.54 Å². The molecule has 0 aliphatic carbocycles. The summed E-state index contributed by atoms with van der Waals surface area (Å²) in [7, 11) is 0. The Morgan fingerprint density at radius 2 is 2.21 bits per heavy atom. The molecule has 0 aromatic carbocycles. The second kappa shape index (κ2) is 4.66. The van der Waals surface area contributed by atoms with Crippen LogP contribution < -0.4 is 5.32 Å². The summed E-state index contributed by atoms with van der Waals surface area (Å²) in [5.41, 5.74) is 2.76. The zero-order chi connectivity index (χ0) is 10.7. The molecule has 4 nitrogen and oxygen atoms in total. The van der Waals surface area contributed by atoms with Crippen molar-refractivity contribution in [2.45, 2.75) is 25.2 Å². The molecule has 0 unspecified atom stereocenters. The van der Waals surface area contributed by atoms with Gasteiger partial charge in [0.15, 0.2) is 4.84 Å². The molecule has 0 aliphatic rings. The van der Waals surface area contributed by atoms with Crippen LogP contribution in [-0.2, 0) is 11.3 Å². The summed E-state index contributed by atoms with van der Waals surface area (Å²) >= 11 is 10.8. The molecule has 1 rings (SSSR count). The van der Waals surface area contributed by atoms with Crippen molar-refractivity contribution in [2.24, 2.45) is 0 Å². The van der Waals surface area contributed by atoms with Crippen molar-refractivity contribution >= 4 is 29.1 Å². The van der Waals surface area contributed by atoms with Crippen molar-refractivity contribution < 1.29 is 4.79 Å². The number of aromatic nitrogens is 2. The third-order valence-electron chi connectivity index (χ3n) is 1.92. The largest absolute Gasteiger partial charge is 0.350 e. The molecule has 0 spiro atoms. The Labute approximate surface area is 92.0 Å². The van der Waals surface area contributed by atoms with Gasteiger partial charge in [0.25, 0.3) is 5.91 Å². The molecule has 0 saturated heterocycles. The van der Waals surface area contributed by atoms with E-state index in [0.717, 1.165) is 17.0 Å². The fourth-order valence-corrected chi connectivity index (χ4v) is 1.24. The van der Waals surface area contributed by atoms with E-state index in [1.807, 2.05) is 13.8 Å². The fourth-order valence-electron chi connectivity index (χ4n) is 1.09. The highest BCUT2D eigenvalue weighted by atomic mass is 35.5. The van der Waals surface area contributed by atoms with Gasteiger partial charge in [0, 0.05) is 17.8 Å².